The number of oxazole rings is 1. The molecule has 86 valence electrons. The van der Waals surface area contributed by atoms with Gasteiger partial charge in [-0.2, -0.15) is 0 Å². The van der Waals surface area contributed by atoms with Crippen molar-refractivity contribution in [2.24, 2.45) is 0 Å². The number of ether oxygens (including phenoxy) is 1. The first-order valence-corrected chi connectivity index (χ1v) is 5.61. The van der Waals surface area contributed by atoms with Crippen LogP contribution in [0.15, 0.2) is 4.42 Å². The first kappa shape index (κ1) is 9.84. The smallest absolute Gasteiger partial charge is 0.373 e. The van der Waals surface area contributed by atoms with E-state index in [0.29, 0.717) is 24.1 Å². The molecule has 1 aliphatic carbocycles. The maximum absolute atomic E-state index is 11.0. The minimum atomic E-state index is -1.05. The van der Waals surface area contributed by atoms with E-state index in [9.17, 15) is 4.79 Å². The molecule has 1 aromatic heterocycles. The zero-order valence-corrected chi connectivity index (χ0v) is 8.81. The van der Waals surface area contributed by atoms with E-state index in [1.54, 1.807) is 0 Å². The van der Waals surface area contributed by atoms with Crippen LogP contribution in [-0.4, -0.2) is 22.7 Å². The molecule has 0 bridgehead atoms. The van der Waals surface area contributed by atoms with Crippen LogP contribution in [0.25, 0.3) is 0 Å². The minimum absolute atomic E-state index is 0.0335. The molecule has 1 saturated carbocycles. The molecule has 0 aromatic carbocycles. The fraction of sp³-hybridized carbons (Fsp3) is 0.636. The van der Waals surface area contributed by atoms with Crippen molar-refractivity contribution in [3.63, 3.8) is 0 Å². The minimum Gasteiger partial charge on any atom is -0.475 e. The van der Waals surface area contributed by atoms with Gasteiger partial charge in [0.15, 0.2) is 5.89 Å². The van der Waals surface area contributed by atoms with Gasteiger partial charge >= 0.3 is 5.97 Å². The maximum Gasteiger partial charge on any atom is 0.373 e. The highest BCUT2D eigenvalue weighted by atomic mass is 16.5. The van der Waals surface area contributed by atoms with Crippen molar-refractivity contribution in [3.8, 4) is 0 Å². The van der Waals surface area contributed by atoms with E-state index < -0.39 is 5.97 Å². The number of rotatable bonds is 3. The summed E-state index contributed by atoms with van der Waals surface area (Å²) < 4.78 is 10.8. The van der Waals surface area contributed by atoms with Crippen molar-refractivity contribution in [2.45, 2.75) is 37.7 Å². The van der Waals surface area contributed by atoms with Crippen LogP contribution in [0.5, 0.6) is 0 Å². The van der Waals surface area contributed by atoms with E-state index in [0.717, 1.165) is 25.7 Å². The van der Waals surface area contributed by atoms with Gasteiger partial charge in [-0.3, -0.25) is 0 Å². The van der Waals surface area contributed by atoms with Crippen LogP contribution in [0.3, 0.4) is 0 Å². The van der Waals surface area contributed by atoms with Crippen molar-refractivity contribution in [1.82, 2.24) is 4.98 Å². The third-order valence-electron chi connectivity index (χ3n) is 3.03. The van der Waals surface area contributed by atoms with Gasteiger partial charge in [0.05, 0.1) is 0 Å². The second kappa shape index (κ2) is 3.59. The summed E-state index contributed by atoms with van der Waals surface area (Å²) in [5.74, 6) is -0.185. The lowest BCUT2D eigenvalue weighted by atomic mass is 10.1. The number of nitrogens with zero attached hydrogens (tertiary/aromatic N) is 1. The lowest BCUT2D eigenvalue weighted by Gasteiger charge is -2.04. The second-order valence-electron chi connectivity index (χ2n) is 4.35. The number of aromatic carboxylic acids is 1. The summed E-state index contributed by atoms with van der Waals surface area (Å²) in [6.07, 6.45) is 3.68. The number of carbonyl (C=O) groups is 1. The van der Waals surface area contributed by atoms with Crippen molar-refractivity contribution in [3.05, 3.63) is 17.3 Å². The molecule has 1 atom stereocenters. The first-order valence-electron chi connectivity index (χ1n) is 5.61. The highest BCUT2D eigenvalue weighted by Gasteiger charge is 2.35. The third-order valence-corrected chi connectivity index (χ3v) is 3.03. The van der Waals surface area contributed by atoms with Crippen molar-refractivity contribution in [2.75, 3.05) is 6.61 Å². The predicted octanol–water partition coefficient (Wildman–Crippen LogP) is 2.10. The molecule has 1 aromatic rings. The summed E-state index contributed by atoms with van der Waals surface area (Å²) in [7, 11) is 0. The standard InChI is InChI=1S/C11H13NO4/c13-11(14)9-8(7-2-1-5-15-7)12-10(16-9)6-3-4-6/h6-7H,1-5H2,(H,13,14). The van der Waals surface area contributed by atoms with E-state index in [2.05, 4.69) is 4.98 Å². The summed E-state index contributed by atoms with van der Waals surface area (Å²) in [6.45, 7) is 0.676. The first-order chi connectivity index (χ1) is 7.75. The molecule has 0 radical (unpaired) electrons. The molecule has 5 heteroatoms. The molecule has 1 N–H and O–H groups in total. The molecule has 0 spiro atoms. The Kier molecular flexibility index (Phi) is 2.21. The van der Waals surface area contributed by atoms with Gasteiger partial charge in [-0.1, -0.05) is 0 Å². The summed E-state index contributed by atoms with van der Waals surface area (Å²) in [5, 5.41) is 9.05. The van der Waals surface area contributed by atoms with E-state index in [1.165, 1.54) is 0 Å². The monoisotopic (exact) mass is 223 g/mol. The Bertz CT molecular complexity index is 416. The lowest BCUT2D eigenvalue weighted by Crippen LogP contribution is -2.04. The molecular formula is C11H13NO4. The fourth-order valence-corrected chi connectivity index (χ4v) is 2.02. The lowest BCUT2D eigenvalue weighted by molar-refractivity contribution is 0.0641. The SMILES string of the molecule is O=C(O)c1oc(C2CC2)nc1C1CCCO1. The van der Waals surface area contributed by atoms with Gasteiger partial charge in [0.25, 0.3) is 0 Å². The van der Waals surface area contributed by atoms with Gasteiger partial charge in [-0.25, -0.2) is 9.78 Å². The number of carboxylic acid groups (broad SMARTS) is 1. The normalized spacial score (nSPS) is 24.9. The molecule has 2 fully saturated rings. The number of hydrogen-bond donors (Lipinski definition) is 1. The number of aromatic nitrogens is 1. The van der Waals surface area contributed by atoms with Crippen LogP contribution in [0, 0.1) is 0 Å². The zero-order valence-electron chi connectivity index (χ0n) is 8.81. The Morgan fingerprint density at radius 2 is 2.19 bits per heavy atom. The molecule has 0 amide bonds. The molecule has 2 heterocycles. The van der Waals surface area contributed by atoms with Gasteiger partial charge in [-0.15, -0.1) is 0 Å². The maximum atomic E-state index is 11.0. The average Bonchev–Trinajstić information content (AvgIpc) is 2.83. The predicted molar refractivity (Wildman–Crippen MR) is 53.4 cm³/mol. The molecule has 16 heavy (non-hydrogen) atoms. The summed E-state index contributed by atoms with van der Waals surface area (Å²) in [6, 6.07) is 0. The largest absolute Gasteiger partial charge is 0.475 e. The van der Waals surface area contributed by atoms with Crippen LogP contribution in [0.4, 0.5) is 0 Å². The van der Waals surface area contributed by atoms with Gasteiger partial charge in [0.2, 0.25) is 5.76 Å². The van der Waals surface area contributed by atoms with Crippen LogP contribution in [-0.2, 0) is 4.74 Å². The Morgan fingerprint density at radius 3 is 2.75 bits per heavy atom. The zero-order chi connectivity index (χ0) is 11.1. The highest BCUT2D eigenvalue weighted by Crippen LogP contribution is 2.41. The van der Waals surface area contributed by atoms with Crippen molar-refractivity contribution < 1.29 is 19.1 Å². The van der Waals surface area contributed by atoms with E-state index in [-0.39, 0.29) is 11.9 Å². The number of carboxylic acids is 1. The van der Waals surface area contributed by atoms with Crippen molar-refractivity contribution >= 4 is 5.97 Å². The summed E-state index contributed by atoms with van der Waals surface area (Å²) in [4.78, 5) is 15.3. The fourth-order valence-electron chi connectivity index (χ4n) is 2.02. The third kappa shape index (κ3) is 1.61. The van der Waals surface area contributed by atoms with E-state index in [4.69, 9.17) is 14.3 Å². The summed E-state index contributed by atoms with van der Waals surface area (Å²) >= 11 is 0. The Labute approximate surface area is 92.4 Å². The van der Waals surface area contributed by atoms with Gasteiger partial charge < -0.3 is 14.3 Å². The van der Waals surface area contributed by atoms with Gasteiger partial charge in [0.1, 0.15) is 11.8 Å². The summed E-state index contributed by atoms with van der Waals surface area (Å²) in [5.41, 5.74) is 0.479. The quantitative estimate of drug-likeness (QED) is 0.849. The molecule has 1 saturated heterocycles. The van der Waals surface area contributed by atoms with E-state index in [1.807, 2.05) is 0 Å². The average molecular weight is 223 g/mol. The molecule has 1 unspecified atom stereocenters. The molecule has 2 aliphatic rings. The topological polar surface area (TPSA) is 72.6 Å². The van der Waals surface area contributed by atoms with Gasteiger partial charge in [-0.05, 0) is 25.7 Å². The molecule has 1 aliphatic heterocycles. The Morgan fingerprint density at radius 1 is 1.38 bits per heavy atom. The Balaban J connectivity index is 1.96. The van der Waals surface area contributed by atoms with Crippen LogP contribution in [0.2, 0.25) is 0 Å². The molecule has 5 nitrogen and oxygen atoms in total. The Hall–Kier alpha value is -1.36. The van der Waals surface area contributed by atoms with Crippen LogP contribution >= 0.6 is 0 Å². The van der Waals surface area contributed by atoms with Gasteiger partial charge in [0, 0.05) is 12.5 Å². The molecular weight excluding hydrogens is 210 g/mol. The van der Waals surface area contributed by atoms with E-state index >= 15 is 0 Å². The molecule has 3 rings (SSSR count). The van der Waals surface area contributed by atoms with Crippen LogP contribution < -0.4 is 0 Å². The van der Waals surface area contributed by atoms with Crippen LogP contribution in [0.1, 0.15) is 59.8 Å². The second-order valence-corrected chi connectivity index (χ2v) is 4.35. The number of hydrogen-bond acceptors (Lipinski definition) is 4. The van der Waals surface area contributed by atoms with Crippen molar-refractivity contribution in [1.29, 1.82) is 0 Å². The highest BCUT2D eigenvalue weighted by molar-refractivity contribution is 5.85.